The summed E-state index contributed by atoms with van der Waals surface area (Å²) in [6.45, 7) is 0.724. The topological polar surface area (TPSA) is 51.0 Å². The molecule has 1 heterocycles. The van der Waals surface area contributed by atoms with Gasteiger partial charge in [-0.15, -0.1) is 0 Å². The van der Waals surface area contributed by atoms with E-state index in [1.165, 1.54) is 29.5 Å². The van der Waals surface area contributed by atoms with Crippen LogP contribution in [0.4, 0.5) is 0 Å². The molecule has 90 valence electrons. The van der Waals surface area contributed by atoms with Crippen molar-refractivity contribution in [1.29, 1.82) is 0 Å². The zero-order valence-electron chi connectivity index (χ0n) is 10.1. The number of rotatable bonds is 2. The van der Waals surface area contributed by atoms with Crippen LogP contribution in [0.5, 0.6) is 5.75 Å². The van der Waals surface area contributed by atoms with Gasteiger partial charge in [-0.3, -0.25) is 0 Å². The number of aromatic amines is 1. The van der Waals surface area contributed by atoms with Crippen LogP contribution in [0.3, 0.4) is 0 Å². The van der Waals surface area contributed by atoms with Crippen molar-refractivity contribution in [1.82, 2.24) is 4.98 Å². The molecule has 1 atom stereocenters. The average molecular weight is 230 g/mol. The second kappa shape index (κ2) is 4.08. The predicted octanol–water partition coefficient (Wildman–Crippen LogP) is 2.56. The zero-order chi connectivity index (χ0) is 11.8. The number of nitrogens with two attached hydrogens (primary N) is 1. The highest BCUT2D eigenvalue weighted by Gasteiger charge is 2.23. The number of hydrogen-bond donors (Lipinski definition) is 2. The fourth-order valence-electron chi connectivity index (χ4n) is 2.96. The van der Waals surface area contributed by atoms with Crippen LogP contribution in [-0.4, -0.2) is 18.6 Å². The molecular weight excluding hydrogens is 212 g/mol. The lowest BCUT2D eigenvalue weighted by Gasteiger charge is -2.20. The molecule has 0 bridgehead atoms. The van der Waals surface area contributed by atoms with Crippen molar-refractivity contribution in [3.05, 3.63) is 29.5 Å². The summed E-state index contributed by atoms with van der Waals surface area (Å²) in [4.78, 5) is 3.53. The third-order valence-electron chi connectivity index (χ3n) is 3.83. The first kappa shape index (κ1) is 10.7. The molecule has 0 radical (unpaired) electrons. The van der Waals surface area contributed by atoms with Gasteiger partial charge in [0.15, 0.2) is 0 Å². The van der Waals surface area contributed by atoms with Crippen LogP contribution in [0.25, 0.3) is 10.9 Å². The quantitative estimate of drug-likeness (QED) is 0.833. The molecule has 0 amide bonds. The smallest absolute Gasteiger partial charge is 0.142 e. The average Bonchev–Trinajstić information content (AvgIpc) is 2.77. The molecule has 1 aromatic heterocycles. The third-order valence-corrected chi connectivity index (χ3v) is 3.83. The van der Waals surface area contributed by atoms with Crippen LogP contribution in [-0.2, 0) is 6.42 Å². The number of fused-ring (bicyclic) bond motifs is 3. The van der Waals surface area contributed by atoms with Crippen molar-refractivity contribution in [2.45, 2.75) is 25.2 Å². The summed E-state index contributed by atoms with van der Waals surface area (Å²) in [6.07, 6.45) is 3.58. The number of aromatic nitrogens is 1. The first-order valence-electron chi connectivity index (χ1n) is 6.22. The minimum absolute atomic E-state index is 0.482. The number of methoxy groups -OCH3 is 1. The fourth-order valence-corrected chi connectivity index (χ4v) is 2.96. The van der Waals surface area contributed by atoms with Gasteiger partial charge in [0.2, 0.25) is 0 Å². The molecule has 2 aromatic rings. The minimum atomic E-state index is 0.482. The first-order chi connectivity index (χ1) is 8.35. The second-order valence-electron chi connectivity index (χ2n) is 4.72. The molecule has 0 aliphatic heterocycles. The summed E-state index contributed by atoms with van der Waals surface area (Å²) in [5.74, 6) is 1.41. The maximum atomic E-state index is 5.86. The van der Waals surface area contributed by atoms with E-state index in [9.17, 15) is 0 Å². The molecule has 1 aromatic carbocycles. The van der Waals surface area contributed by atoms with Gasteiger partial charge in [-0.05, 0) is 30.9 Å². The van der Waals surface area contributed by atoms with Crippen LogP contribution in [0.2, 0.25) is 0 Å². The molecule has 0 saturated carbocycles. The molecule has 0 fully saturated rings. The van der Waals surface area contributed by atoms with Crippen molar-refractivity contribution >= 4 is 10.9 Å². The number of hydrogen-bond acceptors (Lipinski definition) is 2. The van der Waals surface area contributed by atoms with Gasteiger partial charge in [-0.2, -0.15) is 0 Å². The van der Waals surface area contributed by atoms with Gasteiger partial charge in [0.25, 0.3) is 0 Å². The number of aryl methyl sites for hydroxylation is 1. The van der Waals surface area contributed by atoms with Crippen LogP contribution in [0.1, 0.15) is 30.0 Å². The Bertz CT molecular complexity index is 544. The van der Waals surface area contributed by atoms with E-state index in [1.54, 1.807) is 7.11 Å². The molecule has 3 rings (SSSR count). The van der Waals surface area contributed by atoms with E-state index in [4.69, 9.17) is 10.5 Å². The molecule has 1 aliphatic rings. The highest BCUT2D eigenvalue weighted by Crippen LogP contribution is 2.38. The summed E-state index contributed by atoms with van der Waals surface area (Å²) in [5, 5.41) is 1.30. The molecule has 0 saturated heterocycles. The van der Waals surface area contributed by atoms with Crippen molar-refractivity contribution in [2.75, 3.05) is 13.7 Å². The summed E-state index contributed by atoms with van der Waals surface area (Å²) in [7, 11) is 1.72. The van der Waals surface area contributed by atoms with Gasteiger partial charge < -0.3 is 15.5 Å². The number of para-hydroxylation sites is 1. The van der Waals surface area contributed by atoms with Gasteiger partial charge in [-0.1, -0.05) is 12.1 Å². The molecular formula is C14H18N2O. The molecule has 3 N–H and O–H groups in total. The van der Waals surface area contributed by atoms with Crippen LogP contribution >= 0.6 is 0 Å². The van der Waals surface area contributed by atoms with Gasteiger partial charge in [0, 0.05) is 23.5 Å². The van der Waals surface area contributed by atoms with E-state index in [1.807, 2.05) is 6.07 Å². The van der Waals surface area contributed by atoms with Crippen molar-refractivity contribution in [3.63, 3.8) is 0 Å². The monoisotopic (exact) mass is 230 g/mol. The lowest BCUT2D eigenvalue weighted by molar-refractivity contribution is 0.419. The van der Waals surface area contributed by atoms with E-state index < -0.39 is 0 Å². The van der Waals surface area contributed by atoms with E-state index in [0.717, 1.165) is 24.2 Å². The lowest BCUT2D eigenvalue weighted by atomic mass is 9.87. The third kappa shape index (κ3) is 1.53. The summed E-state index contributed by atoms with van der Waals surface area (Å²) in [5.41, 5.74) is 9.76. The summed E-state index contributed by atoms with van der Waals surface area (Å²) in [6, 6.07) is 6.23. The van der Waals surface area contributed by atoms with E-state index in [-0.39, 0.29) is 0 Å². The molecule has 17 heavy (non-hydrogen) atoms. The van der Waals surface area contributed by atoms with E-state index >= 15 is 0 Å². The Morgan fingerprint density at radius 3 is 3.12 bits per heavy atom. The first-order valence-corrected chi connectivity index (χ1v) is 6.22. The van der Waals surface area contributed by atoms with Gasteiger partial charge >= 0.3 is 0 Å². The number of nitrogens with one attached hydrogen (secondary N) is 1. The van der Waals surface area contributed by atoms with Crippen LogP contribution < -0.4 is 10.5 Å². The van der Waals surface area contributed by atoms with Gasteiger partial charge in [0.1, 0.15) is 5.75 Å². The van der Waals surface area contributed by atoms with E-state index in [2.05, 4.69) is 17.1 Å². The molecule has 3 heteroatoms. The standard InChI is InChI=1S/C14H18N2O/c1-17-12-7-3-6-11-10-5-2-4-9(8-15)13(10)16-14(11)12/h3,6-7,9,16H,2,4-5,8,15H2,1H3. The Morgan fingerprint density at radius 2 is 2.35 bits per heavy atom. The predicted molar refractivity (Wildman–Crippen MR) is 69.6 cm³/mol. The molecule has 1 unspecified atom stereocenters. The molecule has 3 nitrogen and oxygen atoms in total. The Hall–Kier alpha value is -1.48. The van der Waals surface area contributed by atoms with Gasteiger partial charge in [-0.25, -0.2) is 0 Å². The Morgan fingerprint density at radius 1 is 1.47 bits per heavy atom. The summed E-state index contributed by atoms with van der Waals surface area (Å²) < 4.78 is 5.41. The lowest BCUT2D eigenvalue weighted by Crippen LogP contribution is -2.17. The minimum Gasteiger partial charge on any atom is -0.495 e. The van der Waals surface area contributed by atoms with Gasteiger partial charge in [0.05, 0.1) is 12.6 Å². The summed E-state index contributed by atoms with van der Waals surface area (Å²) >= 11 is 0. The maximum absolute atomic E-state index is 5.86. The van der Waals surface area contributed by atoms with E-state index in [0.29, 0.717) is 5.92 Å². The fraction of sp³-hybridized carbons (Fsp3) is 0.429. The SMILES string of the molecule is COc1cccc2c3c([nH]c12)C(CN)CCC3. The number of ether oxygens (including phenoxy) is 1. The Labute approximate surface area is 101 Å². The number of benzene rings is 1. The van der Waals surface area contributed by atoms with Crippen molar-refractivity contribution < 1.29 is 4.74 Å². The zero-order valence-corrected chi connectivity index (χ0v) is 10.1. The number of H-pyrrole nitrogens is 1. The van der Waals surface area contributed by atoms with Crippen LogP contribution in [0, 0.1) is 0 Å². The van der Waals surface area contributed by atoms with Crippen molar-refractivity contribution in [3.8, 4) is 5.75 Å². The molecule has 0 spiro atoms. The highest BCUT2D eigenvalue weighted by molar-refractivity contribution is 5.90. The van der Waals surface area contributed by atoms with Crippen molar-refractivity contribution in [2.24, 2.45) is 5.73 Å². The maximum Gasteiger partial charge on any atom is 0.142 e. The molecule has 1 aliphatic carbocycles. The largest absolute Gasteiger partial charge is 0.495 e. The van der Waals surface area contributed by atoms with Crippen LogP contribution in [0.15, 0.2) is 18.2 Å². The normalized spacial score (nSPS) is 19.3. The Balaban J connectivity index is 2.25. The Kier molecular flexibility index (Phi) is 2.56. The highest BCUT2D eigenvalue weighted by atomic mass is 16.5. The second-order valence-corrected chi connectivity index (χ2v) is 4.72.